The maximum absolute atomic E-state index is 12.2. The Morgan fingerprint density at radius 2 is 1.91 bits per heavy atom. The quantitative estimate of drug-likeness (QED) is 0.811. The van der Waals surface area contributed by atoms with E-state index in [9.17, 15) is 9.59 Å². The molecule has 0 N–H and O–H groups in total. The maximum atomic E-state index is 12.2. The molecule has 0 bridgehead atoms. The van der Waals surface area contributed by atoms with Crippen LogP contribution in [0, 0.1) is 0 Å². The van der Waals surface area contributed by atoms with E-state index in [1.807, 2.05) is 0 Å². The van der Waals surface area contributed by atoms with Gasteiger partial charge in [-0.2, -0.15) is 5.10 Å². The first-order valence-corrected chi connectivity index (χ1v) is 7.37. The summed E-state index contributed by atoms with van der Waals surface area (Å²) in [5, 5.41) is 4.13. The number of aromatic nitrogens is 2. The van der Waals surface area contributed by atoms with Gasteiger partial charge < -0.3 is 9.47 Å². The number of hydrogen-bond acceptors (Lipinski definition) is 5. The first-order chi connectivity index (χ1) is 10.8. The molecule has 1 aromatic heterocycles. The first kappa shape index (κ1) is 16.7. The first-order valence-electron chi connectivity index (χ1n) is 7.37. The lowest BCUT2D eigenvalue weighted by Crippen LogP contribution is -2.24. The fourth-order valence-corrected chi connectivity index (χ4v) is 1.97. The summed E-state index contributed by atoms with van der Waals surface area (Å²) in [6.45, 7) is 7.44. The molecule has 0 saturated heterocycles. The molecule has 0 spiro atoms. The Bertz CT molecular complexity index is 713. The fraction of sp³-hybridized carbons (Fsp3) is 0.353. The summed E-state index contributed by atoms with van der Waals surface area (Å²) in [4.78, 5) is 24.1. The molecule has 6 nitrogen and oxygen atoms in total. The number of carbonyl (C=O) groups excluding carboxylic acids is 2. The van der Waals surface area contributed by atoms with Crippen LogP contribution in [0.4, 0.5) is 0 Å². The van der Waals surface area contributed by atoms with E-state index in [-0.39, 0.29) is 6.61 Å². The second-order valence-electron chi connectivity index (χ2n) is 5.90. The van der Waals surface area contributed by atoms with Crippen molar-refractivity contribution in [1.82, 2.24) is 9.78 Å². The standard InChI is InChI=1S/C17H20N2O4/c1-5-22-16(21)14-9-10-18-19(14)13-8-6-7-12(11-13)15(20)23-17(2,3)4/h6-11H,5H2,1-4H3. The Hall–Kier alpha value is -2.63. The molecular formula is C17H20N2O4. The average Bonchev–Trinajstić information content (AvgIpc) is 2.95. The Morgan fingerprint density at radius 1 is 1.17 bits per heavy atom. The van der Waals surface area contributed by atoms with Gasteiger partial charge >= 0.3 is 11.9 Å². The second-order valence-corrected chi connectivity index (χ2v) is 5.90. The van der Waals surface area contributed by atoms with Gasteiger partial charge in [0.25, 0.3) is 0 Å². The third-order valence-corrected chi connectivity index (χ3v) is 2.85. The zero-order valence-corrected chi connectivity index (χ0v) is 13.7. The Labute approximate surface area is 135 Å². The molecular weight excluding hydrogens is 296 g/mol. The fourth-order valence-electron chi connectivity index (χ4n) is 1.97. The van der Waals surface area contributed by atoms with E-state index in [1.54, 1.807) is 58.0 Å². The van der Waals surface area contributed by atoms with Crippen molar-refractivity contribution in [3.8, 4) is 5.69 Å². The Morgan fingerprint density at radius 3 is 2.57 bits per heavy atom. The van der Waals surface area contributed by atoms with Crippen molar-refractivity contribution >= 4 is 11.9 Å². The van der Waals surface area contributed by atoms with Crippen molar-refractivity contribution in [3.05, 3.63) is 47.8 Å². The van der Waals surface area contributed by atoms with Crippen LogP contribution in [0.15, 0.2) is 36.5 Å². The molecule has 0 atom stereocenters. The van der Waals surface area contributed by atoms with Gasteiger partial charge in [0.1, 0.15) is 5.60 Å². The summed E-state index contributed by atoms with van der Waals surface area (Å²) in [7, 11) is 0. The lowest BCUT2D eigenvalue weighted by atomic mass is 10.1. The van der Waals surface area contributed by atoms with Crippen molar-refractivity contribution in [1.29, 1.82) is 0 Å². The SMILES string of the molecule is CCOC(=O)c1ccnn1-c1cccc(C(=O)OC(C)(C)C)c1. The smallest absolute Gasteiger partial charge is 0.357 e. The van der Waals surface area contributed by atoms with Crippen molar-refractivity contribution in [2.45, 2.75) is 33.3 Å². The molecule has 0 saturated carbocycles. The largest absolute Gasteiger partial charge is 0.461 e. The summed E-state index contributed by atoms with van der Waals surface area (Å²) in [5.74, 6) is -0.892. The van der Waals surface area contributed by atoms with Crippen LogP contribution in [0.2, 0.25) is 0 Å². The molecule has 1 aromatic carbocycles. The summed E-state index contributed by atoms with van der Waals surface area (Å²) in [6, 6.07) is 8.32. The van der Waals surface area contributed by atoms with Crippen LogP contribution in [0.25, 0.3) is 5.69 Å². The number of nitrogens with zero attached hydrogens (tertiary/aromatic N) is 2. The molecule has 0 unspecified atom stereocenters. The average molecular weight is 316 g/mol. The minimum atomic E-state index is -0.575. The van der Waals surface area contributed by atoms with Crippen LogP contribution < -0.4 is 0 Å². The second kappa shape index (κ2) is 6.64. The highest BCUT2D eigenvalue weighted by atomic mass is 16.6. The lowest BCUT2D eigenvalue weighted by Gasteiger charge is -2.19. The minimum absolute atomic E-state index is 0.280. The number of esters is 2. The normalized spacial score (nSPS) is 11.1. The molecule has 23 heavy (non-hydrogen) atoms. The number of hydrogen-bond donors (Lipinski definition) is 0. The zero-order chi connectivity index (χ0) is 17.0. The van der Waals surface area contributed by atoms with Crippen LogP contribution in [-0.4, -0.2) is 33.9 Å². The van der Waals surface area contributed by atoms with E-state index < -0.39 is 17.5 Å². The third-order valence-electron chi connectivity index (χ3n) is 2.85. The van der Waals surface area contributed by atoms with Gasteiger partial charge in [0.05, 0.1) is 24.1 Å². The van der Waals surface area contributed by atoms with Gasteiger partial charge in [0.2, 0.25) is 0 Å². The van der Waals surface area contributed by atoms with Crippen LogP contribution >= 0.6 is 0 Å². The predicted molar refractivity (Wildman–Crippen MR) is 84.7 cm³/mol. The molecule has 0 fully saturated rings. The molecule has 6 heteroatoms. The number of benzene rings is 1. The van der Waals surface area contributed by atoms with E-state index in [2.05, 4.69) is 5.10 Å². The van der Waals surface area contributed by atoms with Crippen LogP contribution in [-0.2, 0) is 9.47 Å². The van der Waals surface area contributed by atoms with Gasteiger partial charge in [0, 0.05) is 0 Å². The maximum Gasteiger partial charge on any atom is 0.357 e. The highest BCUT2D eigenvalue weighted by Crippen LogP contribution is 2.17. The molecule has 2 rings (SSSR count). The van der Waals surface area contributed by atoms with Crippen LogP contribution in [0.1, 0.15) is 48.5 Å². The summed E-state index contributed by atoms with van der Waals surface area (Å²) in [5.41, 5.74) is 0.701. The highest BCUT2D eigenvalue weighted by Gasteiger charge is 2.19. The van der Waals surface area contributed by atoms with Crippen LogP contribution in [0.5, 0.6) is 0 Å². The van der Waals surface area contributed by atoms with Crippen molar-refractivity contribution in [2.75, 3.05) is 6.61 Å². The lowest BCUT2D eigenvalue weighted by molar-refractivity contribution is 0.00693. The van der Waals surface area contributed by atoms with E-state index >= 15 is 0 Å². The monoisotopic (exact) mass is 316 g/mol. The molecule has 0 aliphatic rings. The van der Waals surface area contributed by atoms with Gasteiger partial charge in [0.15, 0.2) is 5.69 Å². The highest BCUT2D eigenvalue weighted by molar-refractivity contribution is 5.91. The molecule has 0 radical (unpaired) electrons. The summed E-state index contributed by atoms with van der Waals surface area (Å²) < 4.78 is 11.8. The number of carbonyl (C=O) groups is 2. The van der Waals surface area contributed by atoms with Gasteiger partial charge in [-0.25, -0.2) is 14.3 Å². The number of rotatable bonds is 4. The van der Waals surface area contributed by atoms with Gasteiger partial charge in [-0.3, -0.25) is 0 Å². The third kappa shape index (κ3) is 4.18. The van der Waals surface area contributed by atoms with Gasteiger partial charge in [-0.05, 0) is 52.0 Å². The minimum Gasteiger partial charge on any atom is -0.461 e. The van der Waals surface area contributed by atoms with E-state index in [1.165, 1.54) is 10.9 Å². The predicted octanol–water partition coefficient (Wildman–Crippen LogP) is 3.00. The van der Waals surface area contributed by atoms with Gasteiger partial charge in [-0.15, -0.1) is 0 Å². The molecule has 0 amide bonds. The topological polar surface area (TPSA) is 70.4 Å². The Balaban J connectivity index is 2.33. The van der Waals surface area contributed by atoms with E-state index in [0.29, 0.717) is 16.9 Å². The van der Waals surface area contributed by atoms with E-state index in [4.69, 9.17) is 9.47 Å². The summed E-state index contributed by atoms with van der Waals surface area (Å²) >= 11 is 0. The van der Waals surface area contributed by atoms with E-state index in [0.717, 1.165) is 0 Å². The summed E-state index contributed by atoms with van der Waals surface area (Å²) in [6.07, 6.45) is 1.51. The molecule has 0 aliphatic carbocycles. The number of ether oxygens (including phenoxy) is 2. The molecule has 1 heterocycles. The Kier molecular flexibility index (Phi) is 4.83. The van der Waals surface area contributed by atoms with Crippen molar-refractivity contribution in [3.63, 3.8) is 0 Å². The van der Waals surface area contributed by atoms with Crippen molar-refractivity contribution in [2.24, 2.45) is 0 Å². The van der Waals surface area contributed by atoms with Crippen LogP contribution in [0.3, 0.4) is 0 Å². The molecule has 122 valence electrons. The van der Waals surface area contributed by atoms with Gasteiger partial charge in [-0.1, -0.05) is 6.07 Å². The van der Waals surface area contributed by atoms with Crippen molar-refractivity contribution < 1.29 is 19.1 Å². The molecule has 2 aromatic rings. The zero-order valence-electron chi connectivity index (χ0n) is 13.7. The molecule has 0 aliphatic heterocycles.